The summed E-state index contributed by atoms with van der Waals surface area (Å²) in [5.41, 5.74) is 2.68. The quantitative estimate of drug-likeness (QED) is 0.587. The molecule has 0 saturated carbocycles. The van der Waals surface area contributed by atoms with Crippen LogP contribution in [0.25, 0.3) is 5.57 Å². The van der Waals surface area contributed by atoms with Crippen LogP contribution < -0.4 is 4.74 Å². The molecule has 0 spiro atoms. The van der Waals surface area contributed by atoms with Crippen LogP contribution in [0, 0.1) is 0 Å². The molecule has 0 aliphatic carbocycles. The van der Waals surface area contributed by atoms with Crippen LogP contribution in [0.15, 0.2) is 77.4 Å². The van der Waals surface area contributed by atoms with E-state index in [-0.39, 0.29) is 11.7 Å². The van der Waals surface area contributed by atoms with Crippen LogP contribution in [0.4, 0.5) is 0 Å². The minimum absolute atomic E-state index is 0.105. The largest absolute Gasteiger partial charge is 0.508 e. The molecule has 0 radical (unpaired) electrons. The van der Waals surface area contributed by atoms with E-state index in [1.807, 2.05) is 36.4 Å². The molecule has 0 bridgehead atoms. The first kappa shape index (κ1) is 19.2. The van der Waals surface area contributed by atoms with Crippen LogP contribution >= 0.6 is 15.9 Å². The van der Waals surface area contributed by atoms with Crippen LogP contribution in [-0.2, 0) is 0 Å². The molecular formula is C23H19BrN2O3. The lowest BCUT2D eigenvalue weighted by Crippen LogP contribution is -2.35. The lowest BCUT2D eigenvalue weighted by atomic mass is 9.99. The van der Waals surface area contributed by atoms with Crippen molar-refractivity contribution in [1.29, 1.82) is 0 Å². The normalized spacial score (nSPS) is 13.7. The number of aromatic nitrogens is 1. The molecule has 2 heterocycles. The standard InChI is InChI=1S/C23H19BrN2O3/c24-18-5-9-20(10-6-18)29-22-21(2-1-13-25-22)23(28)26-14-11-17(12-15-26)16-3-7-19(27)8-4-16/h1-11,13,27H,12,14-15H2. The van der Waals surface area contributed by atoms with Gasteiger partial charge in [-0.25, -0.2) is 4.98 Å². The second-order valence-corrected chi connectivity index (χ2v) is 7.61. The predicted octanol–water partition coefficient (Wildman–Crippen LogP) is 5.27. The van der Waals surface area contributed by atoms with Gasteiger partial charge in [-0.2, -0.15) is 0 Å². The number of aromatic hydroxyl groups is 1. The summed E-state index contributed by atoms with van der Waals surface area (Å²) in [4.78, 5) is 19.1. The monoisotopic (exact) mass is 450 g/mol. The van der Waals surface area contributed by atoms with Crippen molar-refractivity contribution in [1.82, 2.24) is 9.88 Å². The van der Waals surface area contributed by atoms with Gasteiger partial charge in [0.15, 0.2) is 0 Å². The van der Waals surface area contributed by atoms with Gasteiger partial charge in [-0.15, -0.1) is 0 Å². The smallest absolute Gasteiger partial charge is 0.259 e. The molecule has 1 aliphatic heterocycles. The molecule has 6 heteroatoms. The van der Waals surface area contributed by atoms with Gasteiger partial charge in [0.25, 0.3) is 5.91 Å². The van der Waals surface area contributed by atoms with Gasteiger partial charge in [0.1, 0.15) is 17.1 Å². The molecule has 0 atom stereocenters. The van der Waals surface area contributed by atoms with Crippen LogP contribution in [0.3, 0.4) is 0 Å². The van der Waals surface area contributed by atoms with Crippen molar-refractivity contribution in [3.05, 3.63) is 88.5 Å². The van der Waals surface area contributed by atoms with Gasteiger partial charge in [0.2, 0.25) is 5.88 Å². The highest BCUT2D eigenvalue weighted by Gasteiger charge is 2.23. The molecule has 2 aromatic carbocycles. The zero-order valence-corrected chi connectivity index (χ0v) is 17.2. The number of pyridine rings is 1. The third-order valence-corrected chi connectivity index (χ3v) is 5.29. The number of ether oxygens (including phenoxy) is 1. The van der Waals surface area contributed by atoms with E-state index in [1.165, 1.54) is 5.57 Å². The van der Waals surface area contributed by atoms with Crippen molar-refractivity contribution in [3.8, 4) is 17.4 Å². The van der Waals surface area contributed by atoms with Crippen LogP contribution in [0.5, 0.6) is 17.4 Å². The van der Waals surface area contributed by atoms with Crippen LogP contribution in [0.1, 0.15) is 22.3 Å². The Bertz CT molecular complexity index is 1050. The molecule has 1 aliphatic rings. The number of halogens is 1. The van der Waals surface area contributed by atoms with E-state index in [4.69, 9.17) is 4.74 Å². The summed E-state index contributed by atoms with van der Waals surface area (Å²) in [6.07, 6.45) is 4.42. The fourth-order valence-corrected chi connectivity index (χ4v) is 3.48. The first-order valence-corrected chi connectivity index (χ1v) is 10.1. The zero-order chi connectivity index (χ0) is 20.2. The lowest BCUT2D eigenvalue weighted by Gasteiger charge is -2.27. The fraction of sp³-hybridized carbons (Fsp3) is 0.130. The number of rotatable bonds is 4. The topological polar surface area (TPSA) is 62.7 Å². The summed E-state index contributed by atoms with van der Waals surface area (Å²) in [7, 11) is 0. The Morgan fingerprint density at radius 1 is 1.07 bits per heavy atom. The molecule has 146 valence electrons. The summed E-state index contributed by atoms with van der Waals surface area (Å²) in [5.74, 6) is 1.06. The van der Waals surface area contributed by atoms with Gasteiger partial charge in [0.05, 0.1) is 0 Å². The van der Waals surface area contributed by atoms with Gasteiger partial charge in [0, 0.05) is 23.8 Å². The van der Waals surface area contributed by atoms with Crippen molar-refractivity contribution >= 4 is 27.4 Å². The summed E-state index contributed by atoms with van der Waals surface area (Å²) >= 11 is 3.40. The molecule has 1 amide bonds. The average molecular weight is 451 g/mol. The van der Waals surface area contributed by atoms with Crippen LogP contribution in [-0.4, -0.2) is 34.0 Å². The van der Waals surface area contributed by atoms with E-state index in [1.54, 1.807) is 35.4 Å². The van der Waals surface area contributed by atoms with Crippen molar-refractivity contribution in [3.63, 3.8) is 0 Å². The third kappa shape index (κ3) is 4.49. The summed E-state index contributed by atoms with van der Waals surface area (Å²) in [5, 5.41) is 9.45. The Morgan fingerprint density at radius 3 is 2.52 bits per heavy atom. The number of amides is 1. The molecule has 0 saturated heterocycles. The number of carbonyl (C=O) groups excluding carboxylic acids is 1. The molecule has 1 N–H and O–H groups in total. The van der Waals surface area contributed by atoms with E-state index in [0.29, 0.717) is 30.3 Å². The number of phenolic OH excluding ortho intramolecular Hbond substituents is 1. The Balaban J connectivity index is 1.50. The van der Waals surface area contributed by atoms with E-state index >= 15 is 0 Å². The van der Waals surface area contributed by atoms with Crippen molar-refractivity contribution in [2.75, 3.05) is 13.1 Å². The van der Waals surface area contributed by atoms with E-state index in [0.717, 1.165) is 16.5 Å². The molecule has 0 fully saturated rings. The molecule has 29 heavy (non-hydrogen) atoms. The molecule has 1 aromatic heterocycles. The highest BCUT2D eigenvalue weighted by Crippen LogP contribution is 2.28. The second kappa shape index (κ2) is 8.49. The number of phenols is 1. The Morgan fingerprint density at radius 2 is 1.83 bits per heavy atom. The van der Waals surface area contributed by atoms with Crippen molar-refractivity contribution in [2.24, 2.45) is 0 Å². The van der Waals surface area contributed by atoms with Gasteiger partial charge in [-0.1, -0.05) is 34.1 Å². The van der Waals surface area contributed by atoms with Crippen molar-refractivity contribution < 1.29 is 14.6 Å². The predicted molar refractivity (Wildman–Crippen MR) is 115 cm³/mol. The second-order valence-electron chi connectivity index (χ2n) is 6.69. The van der Waals surface area contributed by atoms with E-state index in [9.17, 15) is 9.90 Å². The minimum Gasteiger partial charge on any atom is -0.508 e. The maximum Gasteiger partial charge on any atom is 0.259 e. The van der Waals surface area contributed by atoms with Gasteiger partial charge < -0.3 is 14.7 Å². The van der Waals surface area contributed by atoms with E-state index in [2.05, 4.69) is 27.0 Å². The van der Waals surface area contributed by atoms with Crippen molar-refractivity contribution in [2.45, 2.75) is 6.42 Å². The maximum absolute atomic E-state index is 13.1. The number of carbonyl (C=O) groups is 1. The van der Waals surface area contributed by atoms with E-state index < -0.39 is 0 Å². The zero-order valence-electron chi connectivity index (χ0n) is 15.6. The number of hydrogen-bond acceptors (Lipinski definition) is 4. The number of nitrogens with zero attached hydrogens (tertiary/aromatic N) is 2. The summed E-state index contributed by atoms with van der Waals surface area (Å²) in [6.45, 7) is 1.12. The Hall–Kier alpha value is -3.12. The molecule has 0 unspecified atom stereocenters. The lowest BCUT2D eigenvalue weighted by molar-refractivity contribution is 0.0769. The fourth-order valence-electron chi connectivity index (χ4n) is 3.21. The molecule has 5 nitrogen and oxygen atoms in total. The SMILES string of the molecule is O=C(c1cccnc1Oc1ccc(Br)cc1)N1CC=C(c2ccc(O)cc2)CC1. The van der Waals surface area contributed by atoms with Crippen LogP contribution in [0.2, 0.25) is 0 Å². The summed E-state index contributed by atoms with van der Waals surface area (Å²) < 4.78 is 6.81. The highest BCUT2D eigenvalue weighted by molar-refractivity contribution is 9.10. The first-order valence-electron chi connectivity index (χ1n) is 9.26. The van der Waals surface area contributed by atoms with Gasteiger partial charge in [-0.05, 0) is 66.1 Å². The Kier molecular flexibility index (Phi) is 5.62. The average Bonchev–Trinajstić information content (AvgIpc) is 2.76. The third-order valence-electron chi connectivity index (χ3n) is 4.76. The molecule has 4 rings (SSSR count). The Labute approximate surface area is 177 Å². The first-order chi connectivity index (χ1) is 14.1. The van der Waals surface area contributed by atoms with Gasteiger partial charge >= 0.3 is 0 Å². The highest BCUT2D eigenvalue weighted by atomic mass is 79.9. The van der Waals surface area contributed by atoms with Gasteiger partial charge in [-0.3, -0.25) is 4.79 Å². The maximum atomic E-state index is 13.1. The number of hydrogen-bond donors (Lipinski definition) is 1. The number of benzene rings is 2. The summed E-state index contributed by atoms with van der Waals surface area (Å²) in [6, 6.07) is 18.0. The molecule has 3 aromatic rings. The minimum atomic E-state index is -0.105. The molecular weight excluding hydrogens is 432 g/mol.